The minimum atomic E-state index is -0.488. The molecule has 17 heavy (non-hydrogen) atoms. The van der Waals surface area contributed by atoms with Crippen molar-refractivity contribution in [1.82, 2.24) is 14.8 Å². The third-order valence-corrected chi connectivity index (χ3v) is 4.14. The van der Waals surface area contributed by atoms with Crippen molar-refractivity contribution in [3.63, 3.8) is 0 Å². The molecule has 1 aromatic heterocycles. The summed E-state index contributed by atoms with van der Waals surface area (Å²) in [6, 6.07) is 0. The van der Waals surface area contributed by atoms with Gasteiger partial charge < -0.3 is 5.11 Å². The molecule has 1 heterocycles. The van der Waals surface area contributed by atoms with E-state index in [0.717, 1.165) is 18.8 Å². The van der Waals surface area contributed by atoms with Crippen LogP contribution in [0.4, 0.5) is 0 Å². The molecule has 4 heteroatoms. The molecule has 2 saturated carbocycles. The molecule has 0 amide bonds. The molecule has 1 N–H and O–H groups in total. The normalized spacial score (nSPS) is 20.8. The van der Waals surface area contributed by atoms with E-state index in [1.807, 2.05) is 4.68 Å². The minimum absolute atomic E-state index is 0.488. The molecule has 2 aliphatic carbocycles. The van der Waals surface area contributed by atoms with E-state index in [1.54, 1.807) is 6.33 Å². The molecule has 0 aromatic carbocycles. The van der Waals surface area contributed by atoms with Gasteiger partial charge in [-0.05, 0) is 43.9 Å². The number of rotatable bonds is 6. The molecule has 2 aliphatic rings. The molecule has 0 atom stereocenters. The van der Waals surface area contributed by atoms with Crippen LogP contribution in [0.15, 0.2) is 6.33 Å². The summed E-state index contributed by atoms with van der Waals surface area (Å²) in [7, 11) is 0. The fourth-order valence-electron chi connectivity index (χ4n) is 2.87. The van der Waals surface area contributed by atoms with Gasteiger partial charge in [0.2, 0.25) is 0 Å². The van der Waals surface area contributed by atoms with Crippen LogP contribution in [0.3, 0.4) is 0 Å². The Hall–Kier alpha value is -0.900. The van der Waals surface area contributed by atoms with Crippen LogP contribution in [0.1, 0.15) is 44.9 Å². The van der Waals surface area contributed by atoms with E-state index in [9.17, 15) is 5.11 Å². The van der Waals surface area contributed by atoms with Crippen LogP contribution >= 0.6 is 0 Å². The lowest BCUT2D eigenvalue weighted by molar-refractivity contribution is -0.00719. The van der Waals surface area contributed by atoms with Crippen LogP contribution < -0.4 is 0 Å². The summed E-state index contributed by atoms with van der Waals surface area (Å²) >= 11 is 0. The molecule has 3 rings (SSSR count). The van der Waals surface area contributed by atoms with Crippen molar-refractivity contribution in [3.05, 3.63) is 12.2 Å². The highest BCUT2D eigenvalue weighted by molar-refractivity contribution is 5.08. The van der Waals surface area contributed by atoms with Crippen molar-refractivity contribution < 1.29 is 5.11 Å². The Kier molecular flexibility index (Phi) is 2.69. The topological polar surface area (TPSA) is 50.9 Å². The molecule has 2 fully saturated rings. The standard InChI is InChI=1S/C13H21N3O/c1-2-7-16-12(14-9-15-16)8-13(17,10-3-4-10)11-5-6-11/h9-11,17H,2-8H2,1H3. The lowest BCUT2D eigenvalue weighted by Crippen LogP contribution is -2.37. The predicted octanol–water partition coefficient (Wildman–Crippen LogP) is 1.78. The second-order valence-corrected chi connectivity index (χ2v) is 5.62. The number of nitrogens with zero attached hydrogens (tertiary/aromatic N) is 3. The number of hydrogen-bond acceptors (Lipinski definition) is 3. The van der Waals surface area contributed by atoms with E-state index in [0.29, 0.717) is 18.3 Å². The predicted molar refractivity (Wildman–Crippen MR) is 64.4 cm³/mol. The van der Waals surface area contributed by atoms with E-state index in [1.165, 1.54) is 25.7 Å². The Morgan fingerprint density at radius 3 is 2.53 bits per heavy atom. The maximum Gasteiger partial charge on any atom is 0.138 e. The number of aromatic nitrogens is 3. The van der Waals surface area contributed by atoms with Gasteiger partial charge in [-0.15, -0.1) is 0 Å². The molecular weight excluding hydrogens is 214 g/mol. The van der Waals surface area contributed by atoms with Gasteiger partial charge in [0.15, 0.2) is 0 Å². The first-order valence-corrected chi connectivity index (χ1v) is 6.83. The van der Waals surface area contributed by atoms with Gasteiger partial charge in [-0.2, -0.15) is 5.10 Å². The molecule has 4 nitrogen and oxygen atoms in total. The van der Waals surface area contributed by atoms with Crippen LogP contribution in [0, 0.1) is 11.8 Å². The number of hydrogen-bond donors (Lipinski definition) is 1. The van der Waals surface area contributed by atoms with Gasteiger partial charge in [-0.25, -0.2) is 4.98 Å². The highest BCUT2D eigenvalue weighted by atomic mass is 16.3. The quantitative estimate of drug-likeness (QED) is 0.817. The van der Waals surface area contributed by atoms with Crippen LogP contribution in [0.25, 0.3) is 0 Å². The smallest absolute Gasteiger partial charge is 0.138 e. The summed E-state index contributed by atoms with van der Waals surface area (Å²) in [5.41, 5.74) is -0.488. The SMILES string of the molecule is CCCn1ncnc1CC(O)(C1CC1)C1CC1. The Bertz CT molecular complexity index is 381. The van der Waals surface area contributed by atoms with E-state index in [-0.39, 0.29) is 0 Å². The van der Waals surface area contributed by atoms with Crippen LogP contribution in [-0.4, -0.2) is 25.5 Å². The maximum atomic E-state index is 10.9. The third-order valence-electron chi connectivity index (χ3n) is 4.14. The monoisotopic (exact) mass is 235 g/mol. The molecular formula is C13H21N3O. The van der Waals surface area contributed by atoms with Crippen molar-refractivity contribution in [1.29, 1.82) is 0 Å². The van der Waals surface area contributed by atoms with Gasteiger partial charge in [0, 0.05) is 13.0 Å². The second-order valence-electron chi connectivity index (χ2n) is 5.62. The molecule has 1 aromatic rings. The van der Waals surface area contributed by atoms with Crippen molar-refractivity contribution in [3.8, 4) is 0 Å². The van der Waals surface area contributed by atoms with Crippen molar-refractivity contribution in [2.75, 3.05) is 0 Å². The van der Waals surface area contributed by atoms with E-state index in [2.05, 4.69) is 17.0 Å². The zero-order chi connectivity index (χ0) is 11.9. The zero-order valence-electron chi connectivity index (χ0n) is 10.5. The molecule has 0 radical (unpaired) electrons. The summed E-state index contributed by atoms with van der Waals surface area (Å²) < 4.78 is 1.95. The zero-order valence-corrected chi connectivity index (χ0v) is 10.5. The van der Waals surface area contributed by atoms with Gasteiger partial charge in [-0.3, -0.25) is 4.68 Å². The fraction of sp³-hybridized carbons (Fsp3) is 0.846. The Morgan fingerprint density at radius 1 is 1.35 bits per heavy atom. The summed E-state index contributed by atoms with van der Waals surface area (Å²) in [4.78, 5) is 4.33. The molecule has 0 bridgehead atoms. The molecule has 0 saturated heterocycles. The lowest BCUT2D eigenvalue weighted by Gasteiger charge is -2.28. The second kappa shape index (κ2) is 4.09. The third kappa shape index (κ3) is 2.10. The van der Waals surface area contributed by atoms with Gasteiger partial charge >= 0.3 is 0 Å². The summed E-state index contributed by atoms with van der Waals surface area (Å²) in [6.07, 6.45) is 8.13. The minimum Gasteiger partial charge on any atom is -0.389 e. The summed E-state index contributed by atoms with van der Waals surface area (Å²) in [5, 5.41) is 15.1. The van der Waals surface area contributed by atoms with E-state index in [4.69, 9.17) is 0 Å². The van der Waals surface area contributed by atoms with Crippen LogP contribution in [0.5, 0.6) is 0 Å². The van der Waals surface area contributed by atoms with Gasteiger partial charge in [-0.1, -0.05) is 6.92 Å². The van der Waals surface area contributed by atoms with Gasteiger partial charge in [0.05, 0.1) is 5.60 Å². The first-order valence-electron chi connectivity index (χ1n) is 6.83. The summed E-state index contributed by atoms with van der Waals surface area (Å²) in [5.74, 6) is 2.00. The average molecular weight is 235 g/mol. The Labute approximate surface area is 102 Å². The van der Waals surface area contributed by atoms with Crippen molar-refractivity contribution in [2.24, 2.45) is 11.8 Å². The highest BCUT2D eigenvalue weighted by Crippen LogP contribution is 2.53. The molecule has 94 valence electrons. The molecule has 0 aliphatic heterocycles. The molecule has 0 spiro atoms. The van der Waals surface area contributed by atoms with Crippen molar-refractivity contribution >= 4 is 0 Å². The lowest BCUT2D eigenvalue weighted by atomic mass is 9.88. The maximum absolute atomic E-state index is 10.9. The highest BCUT2D eigenvalue weighted by Gasteiger charge is 2.53. The number of aliphatic hydroxyl groups is 1. The van der Waals surface area contributed by atoms with Crippen molar-refractivity contribution in [2.45, 2.75) is 57.6 Å². The average Bonchev–Trinajstić information content (AvgIpc) is 3.18. The Morgan fingerprint density at radius 2 is 2.00 bits per heavy atom. The van der Waals surface area contributed by atoms with E-state index < -0.39 is 5.60 Å². The number of aryl methyl sites for hydroxylation is 1. The fourth-order valence-corrected chi connectivity index (χ4v) is 2.87. The first-order chi connectivity index (χ1) is 8.24. The van der Waals surface area contributed by atoms with Gasteiger partial charge in [0.1, 0.15) is 12.2 Å². The van der Waals surface area contributed by atoms with Gasteiger partial charge in [0.25, 0.3) is 0 Å². The largest absolute Gasteiger partial charge is 0.389 e. The molecule has 0 unspecified atom stereocenters. The van der Waals surface area contributed by atoms with Crippen LogP contribution in [-0.2, 0) is 13.0 Å². The van der Waals surface area contributed by atoms with E-state index >= 15 is 0 Å². The summed E-state index contributed by atoms with van der Waals surface area (Å²) in [6.45, 7) is 3.04. The van der Waals surface area contributed by atoms with Crippen LogP contribution in [0.2, 0.25) is 0 Å². The first kappa shape index (κ1) is 11.2. The Balaban J connectivity index is 1.77.